The Balaban J connectivity index is 1.54. The number of fused-ring (bicyclic) bond motifs is 12. The Morgan fingerprint density at radius 1 is 0.333 bits per heavy atom. The molecule has 0 aromatic heterocycles. The molecule has 57 heavy (non-hydrogen) atoms. The van der Waals surface area contributed by atoms with E-state index in [1.54, 1.807) is 0 Å². The first-order chi connectivity index (χ1) is 43.0. The average molecular weight is 803 g/mol. The van der Waals surface area contributed by atoms with E-state index in [2.05, 4.69) is 0 Å². The molecule has 2 aliphatic carbocycles. The number of hydrogen-bond acceptors (Lipinski definition) is 2. The molecule has 11 rings (SSSR count). The van der Waals surface area contributed by atoms with Crippen LogP contribution < -0.4 is 31.8 Å². The van der Waals surface area contributed by atoms with Crippen LogP contribution in [0, 0.1) is 0 Å². The van der Waals surface area contributed by atoms with Crippen LogP contribution in [-0.4, -0.2) is 0 Å². The summed E-state index contributed by atoms with van der Waals surface area (Å²) in [5.74, 6) is 0. The van der Waals surface area contributed by atoms with Gasteiger partial charge in [-0.2, -0.15) is 0 Å². The standard InChI is InChI=1S/C53H36O2P2/c54-56(38-18-5-1-6-19-38,39-20-7-2-8-21-39)42-30-32-45-46-33-31-43(57(55,40-22-9-3-10-23-40)41-24-11-4-12-25-41)36-51(46)53(50(45)35-42)48-28-16-15-27-47(48)52-44-26-14-13-17-37(44)29-34-49(52)53/h1-36H/i1D,2D,3D,4D,5D,6D,7D,8D,9D,10D,11D,12D,13D,14D,15D,16D,17D,18D,19D,20D,21D,22D,23D,24D,25D,26D,27D,28D,29D,30D,31D,32D,33D,34D,35D,36D. The van der Waals surface area contributed by atoms with E-state index in [1.165, 1.54) is 0 Å². The van der Waals surface area contributed by atoms with Crippen LogP contribution in [-0.2, 0) is 14.5 Å². The molecule has 0 saturated carbocycles. The third-order valence-electron chi connectivity index (χ3n) is 9.62. The molecular formula is C53H36O2P2. The van der Waals surface area contributed by atoms with E-state index in [-0.39, 0.29) is 0 Å². The maximum atomic E-state index is 17.5. The van der Waals surface area contributed by atoms with Gasteiger partial charge in [-0.05, 0) is 67.4 Å². The summed E-state index contributed by atoms with van der Waals surface area (Å²) < 4.78 is 369. The highest BCUT2D eigenvalue weighted by Crippen LogP contribution is 2.64. The van der Waals surface area contributed by atoms with Crippen LogP contribution >= 0.6 is 14.3 Å². The third kappa shape index (κ3) is 4.73. The minimum atomic E-state index is -6.44. The van der Waals surface area contributed by atoms with Crippen molar-refractivity contribution in [3.8, 4) is 22.3 Å². The predicted molar refractivity (Wildman–Crippen MR) is 239 cm³/mol. The maximum absolute atomic E-state index is 17.5. The Bertz CT molecular complexity index is 4770. The molecule has 0 atom stereocenters. The molecule has 9 aromatic carbocycles. The molecule has 1 spiro atoms. The third-order valence-corrected chi connectivity index (χ3v) is 14.7. The molecule has 2 nitrogen and oxygen atoms in total. The second-order valence-corrected chi connectivity index (χ2v) is 17.4. The minimum Gasteiger partial charge on any atom is -0.309 e. The van der Waals surface area contributed by atoms with E-state index in [9.17, 15) is 27.4 Å². The minimum absolute atomic E-state index is 0.846. The Labute approximate surface area is 383 Å². The highest BCUT2D eigenvalue weighted by Gasteiger charge is 2.53. The average Bonchev–Trinajstić information content (AvgIpc) is 1.48. The van der Waals surface area contributed by atoms with Crippen molar-refractivity contribution in [2.45, 2.75) is 5.41 Å². The smallest absolute Gasteiger partial charge is 0.171 e. The lowest BCUT2D eigenvalue weighted by atomic mass is 9.70. The van der Waals surface area contributed by atoms with Crippen molar-refractivity contribution in [3.05, 3.63) is 240 Å². The summed E-state index contributed by atoms with van der Waals surface area (Å²) in [6.07, 6.45) is 0. The van der Waals surface area contributed by atoms with E-state index in [0.717, 1.165) is 0 Å². The Hall–Kier alpha value is -6.30. The van der Waals surface area contributed by atoms with Crippen molar-refractivity contribution >= 4 is 56.9 Å². The highest BCUT2D eigenvalue weighted by atomic mass is 31.2. The summed E-state index contributed by atoms with van der Waals surface area (Å²) in [5.41, 5.74) is -12.6. The molecule has 2 aliphatic rings. The molecule has 0 bridgehead atoms. The van der Waals surface area contributed by atoms with Gasteiger partial charge in [0.2, 0.25) is 0 Å². The zero-order valence-electron chi connectivity index (χ0n) is 64.2. The van der Waals surface area contributed by atoms with Crippen LogP contribution in [0.2, 0.25) is 0 Å². The number of hydrogen-bond donors (Lipinski definition) is 0. The molecule has 0 aliphatic heterocycles. The van der Waals surface area contributed by atoms with E-state index < -0.39 is 324 Å². The van der Waals surface area contributed by atoms with Crippen LogP contribution in [0.1, 0.15) is 71.6 Å². The van der Waals surface area contributed by atoms with Gasteiger partial charge in [0, 0.05) is 31.8 Å². The highest BCUT2D eigenvalue weighted by molar-refractivity contribution is 7.85. The van der Waals surface area contributed by atoms with E-state index in [4.69, 9.17) is 21.9 Å². The van der Waals surface area contributed by atoms with Crippen molar-refractivity contribution in [2.75, 3.05) is 0 Å². The van der Waals surface area contributed by atoms with Crippen molar-refractivity contribution in [3.63, 3.8) is 0 Å². The number of benzene rings is 9. The second-order valence-electron chi connectivity index (χ2n) is 12.3. The lowest BCUT2D eigenvalue weighted by molar-refractivity contribution is 0.591. The first-order valence-electron chi connectivity index (χ1n) is 34.5. The zero-order valence-corrected chi connectivity index (χ0v) is 30.0. The van der Waals surface area contributed by atoms with Crippen LogP contribution in [0.15, 0.2) is 218 Å². The maximum Gasteiger partial charge on any atom is 0.171 e. The summed E-state index contributed by atoms with van der Waals surface area (Å²) in [7, 11) is -12.9. The zero-order chi connectivity index (χ0) is 69.5. The van der Waals surface area contributed by atoms with Gasteiger partial charge in [-0.25, -0.2) is 0 Å². The molecule has 0 fully saturated rings. The van der Waals surface area contributed by atoms with Gasteiger partial charge in [0.1, 0.15) is 0 Å². The summed E-state index contributed by atoms with van der Waals surface area (Å²) in [6.45, 7) is 0. The summed E-state index contributed by atoms with van der Waals surface area (Å²) >= 11 is 0. The summed E-state index contributed by atoms with van der Waals surface area (Å²) in [4.78, 5) is 0. The van der Waals surface area contributed by atoms with E-state index in [0.29, 0.717) is 0 Å². The largest absolute Gasteiger partial charge is 0.309 e. The molecule has 0 heterocycles. The van der Waals surface area contributed by atoms with Gasteiger partial charge in [0.15, 0.2) is 14.3 Å². The fraction of sp³-hybridized carbons (Fsp3) is 0.0189. The van der Waals surface area contributed by atoms with E-state index in [1.807, 2.05) is 0 Å². The SMILES string of the molecule is [2H]c1c([2H])c([2H])c(P(=O)(c2c([2H])c([2H])c([2H])c([2H])c2[2H])c2c([2H])c([2H])c3c(c2[2H])C2(c4c([2H])c(P(=O)(c5c([2H])c([2H])c([2H])c([2H])c5[2H])c5c([2H])c([2H])c([2H])c([2H])c5[2H])c([2H])c([2H])c4-3)c3c([2H])c([2H])c([2H])c([2H])c3-c3c2c([2H])c([2H])c2c([2H])c([2H])c([2H])c([2H])c32)c([2H])c1[2H]. The monoisotopic (exact) mass is 802 g/mol. The molecule has 0 saturated heterocycles. The Morgan fingerprint density at radius 2 is 0.754 bits per heavy atom. The fourth-order valence-corrected chi connectivity index (χ4v) is 11.3. The predicted octanol–water partition coefficient (Wildman–Crippen LogP) is 10.5. The Morgan fingerprint density at radius 3 is 1.25 bits per heavy atom. The van der Waals surface area contributed by atoms with Crippen LogP contribution in [0.25, 0.3) is 33.0 Å². The van der Waals surface area contributed by atoms with Gasteiger partial charge in [0.05, 0.1) is 54.8 Å². The first kappa shape index (κ1) is 13.4. The van der Waals surface area contributed by atoms with Crippen LogP contribution in [0.4, 0.5) is 0 Å². The van der Waals surface area contributed by atoms with Crippen molar-refractivity contribution in [1.82, 2.24) is 0 Å². The fourth-order valence-electron chi connectivity index (χ4n) is 7.29. The van der Waals surface area contributed by atoms with E-state index >= 15 is 9.13 Å². The lowest BCUT2D eigenvalue weighted by Crippen LogP contribution is -2.31. The molecule has 270 valence electrons. The molecule has 0 N–H and O–H groups in total. The van der Waals surface area contributed by atoms with Crippen LogP contribution in [0.3, 0.4) is 0 Å². The molecule has 4 heteroatoms. The second kappa shape index (κ2) is 12.9. The lowest BCUT2D eigenvalue weighted by Gasteiger charge is -2.32. The van der Waals surface area contributed by atoms with Gasteiger partial charge in [0.25, 0.3) is 0 Å². The normalized spacial score (nSPS) is 22.4. The van der Waals surface area contributed by atoms with Gasteiger partial charge >= 0.3 is 0 Å². The Kier molecular flexibility index (Phi) is 3.02. The molecule has 0 radical (unpaired) electrons. The number of rotatable bonds is 6. The summed E-state index contributed by atoms with van der Waals surface area (Å²) in [6, 6.07) is -48.6. The van der Waals surface area contributed by atoms with Crippen LogP contribution in [0.5, 0.6) is 0 Å². The quantitative estimate of drug-likeness (QED) is 0.157. The molecule has 0 amide bonds. The van der Waals surface area contributed by atoms with Crippen molar-refractivity contribution < 1.29 is 58.5 Å². The summed E-state index contributed by atoms with van der Waals surface area (Å²) in [5, 5.41) is -11.0. The van der Waals surface area contributed by atoms with Crippen molar-refractivity contribution in [1.29, 1.82) is 0 Å². The van der Waals surface area contributed by atoms with Gasteiger partial charge in [-0.15, -0.1) is 0 Å². The molecule has 0 unspecified atom stereocenters. The van der Waals surface area contributed by atoms with Gasteiger partial charge in [-0.1, -0.05) is 205 Å². The first-order valence-corrected chi connectivity index (χ1v) is 19.9. The van der Waals surface area contributed by atoms with Gasteiger partial charge in [-0.3, -0.25) is 0 Å². The molecular weight excluding hydrogens is 731 g/mol. The molecule has 9 aromatic rings. The van der Waals surface area contributed by atoms with Gasteiger partial charge < -0.3 is 9.13 Å². The topological polar surface area (TPSA) is 34.1 Å². The van der Waals surface area contributed by atoms with Crippen molar-refractivity contribution in [2.24, 2.45) is 0 Å².